The van der Waals surface area contributed by atoms with E-state index >= 15 is 0 Å². The summed E-state index contributed by atoms with van der Waals surface area (Å²) in [6, 6.07) is 11.8. The summed E-state index contributed by atoms with van der Waals surface area (Å²) in [4.78, 5) is 4.47. The van der Waals surface area contributed by atoms with Crippen LogP contribution < -0.4 is 5.32 Å². The van der Waals surface area contributed by atoms with Crippen molar-refractivity contribution in [3.63, 3.8) is 0 Å². The Kier molecular flexibility index (Phi) is 3.79. The Morgan fingerprint density at radius 1 is 1.11 bits per heavy atom. The Labute approximate surface area is 106 Å². The number of nitrogens with zero attached hydrogens (tertiary/aromatic N) is 1. The number of rotatable bonds is 5. The lowest BCUT2D eigenvalue weighted by Gasteiger charge is -2.25. The molecule has 4 heteroatoms. The summed E-state index contributed by atoms with van der Waals surface area (Å²) in [6.45, 7) is 2.17. The second-order valence-corrected chi connectivity index (χ2v) is 4.87. The molecule has 0 amide bonds. The molecule has 0 bridgehead atoms. The van der Waals surface area contributed by atoms with Crippen molar-refractivity contribution < 1.29 is 10.2 Å². The molecular weight excluding hydrogens is 228 g/mol. The van der Waals surface area contributed by atoms with Gasteiger partial charge in [-0.05, 0) is 18.2 Å². The number of aliphatic hydroxyl groups is 2. The average Bonchev–Trinajstić information content (AvgIpc) is 2.44. The molecule has 0 aliphatic rings. The third-order valence-electron chi connectivity index (χ3n) is 3.06. The molecule has 0 atom stereocenters. The molecule has 0 aliphatic carbocycles. The highest BCUT2D eigenvalue weighted by molar-refractivity contribution is 5.80. The third kappa shape index (κ3) is 2.78. The van der Waals surface area contributed by atoms with Crippen LogP contribution in [0.4, 0.5) is 5.82 Å². The number of hydrogen-bond acceptors (Lipinski definition) is 4. The van der Waals surface area contributed by atoms with E-state index in [9.17, 15) is 10.2 Å². The summed E-state index contributed by atoms with van der Waals surface area (Å²) in [7, 11) is 0. The first kappa shape index (κ1) is 12.8. The van der Waals surface area contributed by atoms with Crippen molar-refractivity contribution in [1.82, 2.24) is 4.98 Å². The van der Waals surface area contributed by atoms with E-state index in [1.54, 1.807) is 0 Å². The Balaban J connectivity index is 2.12. The number of anilines is 1. The molecule has 18 heavy (non-hydrogen) atoms. The molecule has 0 fully saturated rings. The smallest absolute Gasteiger partial charge is 0.126 e. The van der Waals surface area contributed by atoms with Crippen LogP contribution in [0.1, 0.15) is 6.92 Å². The normalized spacial score (nSPS) is 11.7. The number of aliphatic hydroxyl groups excluding tert-OH is 2. The van der Waals surface area contributed by atoms with E-state index in [0.29, 0.717) is 6.54 Å². The lowest BCUT2D eigenvalue weighted by molar-refractivity contribution is 0.0806. The molecule has 2 rings (SSSR count). The van der Waals surface area contributed by atoms with Crippen LogP contribution in [-0.4, -0.2) is 35.0 Å². The van der Waals surface area contributed by atoms with Gasteiger partial charge < -0.3 is 15.5 Å². The minimum absolute atomic E-state index is 0.0654. The Morgan fingerprint density at radius 3 is 2.56 bits per heavy atom. The van der Waals surface area contributed by atoms with Crippen molar-refractivity contribution in [3.05, 3.63) is 36.4 Å². The zero-order valence-electron chi connectivity index (χ0n) is 10.4. The van der Waals surface area contributed by atoms with E-state index in [-0.39, 0.29) is 13.2 Å². The first-order valence-electron chi connectivity index (χ1n) is 5.98. The molecule has 2 aromatic rings. The second-order valence-electron chi connectivity index (χ2n) is 4.87. The third-order valence-corrected chi connectivity index (χ3v) is 3.06. The Bertz CT molecular complexity index is 524. The maximum absolute atomic E-state index is 9.21. The fraction of sp³-hybridized carbons (Fsp3) is 0.357. The summed E-state index contributed by atoms with van der Waals surface area (Å²) in [6.07, 6.45) is 0. The van der Waals surface area contributed by atoms with Crippen LogP contribution in [0.25, 0.3) is 10.9 Å². The van der Waals surface area contributed by atoms with Gasteiger partial charge >= 0.3 is 0 Å². The van der Waals surface area contributed by atoms with Crippen molar-refractivity contribution in [3.8, 4) is 0 Å². The minimum atomic E-state index is -0.534. The van der Waals surface area contributed by atoms with E-state index < -0.39 is 5.41 Å². The number of pyridine rings is 1. The van der Waals surface area contributed by atoms with Gasteiger partial charge in [-0.3, -0.25) is 0 Å². The van der Waals surface area contributed by atoms with Gasteiger partial charge in [0.15, 0.2) is 0 Å². The van der Waals surface area contributed by atoms with E-state index in [0.717, 1.165) is 16.7 Å². The van der Waals surface area contributed by atoms with Gasteiger partial charge in [0.05, 0.1) is 18.7 Å². The Morgan fingerprint density at radius 2 is 1.83 bits per heavy atom. The molecule has 1 aromatic heterocycles. The standard InChI is InChI=1S/C14H18N2O2/c1-14(9-17,10-18)8-15-13-7-6-11-4-2-3-5-12(11)16-13/h2-7,17-18H,8-10H2,1H3,(H,15,16). The van der Waals surface area contributed by atoms with E-state index in [2.05, 4.69) is 10.3 Å². The minimum Gasteiger partial charge on any atom is -0.396 e. The number of nitrogens with one attached hydrogen (secondary N) is 1. The molecule has 0 unspecified atom stereocenters. The molecule has 0 aliphatic heterocycles. The van der Waals surface area contributed by atoms with Gasteiger partial charge in [0.2, 0.25) is 0 Å². The van der Waals surface area contributed by atoms with Gasteiger partial charge in [-0.15, -0.1) is 0 Å². The fourth-order valence-corrected chi connectivity index (χ4v) is 1.63. The maximum atomic E-state index is 9.21. The molecule has 0 spiro atoms. The zero-order chi connectivity index (χ0) is 13.0. The number of para-hydroxylation sites is 1. The van der Waals surface area contributed by atoms with Crippen LogP contribution in [0.3, 0.4) is 0 Å². The van der Waals surface area contributed by atoms with Crippen LogP contribution in [0.15, 0.2) is 36.4 Å². The fourth-order valence-electron chi connectivity index (χ4n) is 1.63. The molecular formula is C14H18N2O2. The predicted molar refractivity (Wildman–Crippen MR) is 72.5 cm³/mol. The summed E-state index contributed by atoms with van der Waals surface area (Å²) < 4.78 is 0. The SMILES string of the molecule is CC(CO)(CO)CNc1ccc2ccccc2n1. The molecule has 0 saturated carbocycles. The maximum Gasteiger partial charge on any atom is 0.126 e. The van der Waals surface area contributed by atoms with Crippen LogP contribution >= 0.6 is 0 Å². The van der Waals surface area contributed by atoms with E-state index in [4.69, 9.17) is 0 Å². The summed E-state index contributed by atoms with van der Waals surface area (Å²) in [5.74, 6) is 0.752. The van der Waals surface area contributed by atoms with Gasteiger partial charge in [-0.1, -0.05) is 25.1 Å². The monoisotopic (exact) mass is 246 g/mol. The highest BCUT2D eigenvalue weighted by Gasteiger charge is 2.22. The lowest BCUT2D eigenvalue weighted by atomic mass is 9.93. The topological polar surface area (TPSA) is 65.4 Å². The number of hydrogen-bond donors (Lipinski definition) is 3. The van der Waals surface area contributed by atoms with Crippen molar-refractivity contribution in [2.24, 2.45) is 5.41 Å². The van der Waals surface area contributed by atoms with Gasteiger partial charge in [-0.25, -0.2) is 4.98 Å². The van der Waals surface area contributed by atoms with Gasteiger partial charge in [0, 0.05) is 17.3 Å². The van der Waals surface area contributed by atoms with E-state index in [1.165, 1.54) is 0 Å². The molecule has 4 nitrogen and oxygen atoms in total. The molecule has 96 valence electrons. The number of benzene rings is 1. The average molecular weight is 246 g/mol. The van der Waals surface area contributed by atoms with Gasteiger partial charge in [0.25, 0.3) is 0 Å². The first-order chi connectivity index (χ1) is 8.67. The van der Waals surface area contributed by atoms with Crippen molar-refractivity contribution in [1.29, 1.82) is 0 Å². The van der Waals surface area contributed by atoms with Crippen molar-refractivity contribution >= 4 is 16.7 Å². The summed E-state index contributed by atoms with van der Waals surface area (Å²) in [5.41, 5.74) is 0.394. The van der Waals surface area contributed by atoms with Crippen LogP contribution in [0.2, 0.25) is 0 Å². The highest BCUT2D eigenvalue weighted by Crippen LogP contribution is 2.18. The molecule has 0 saturated heterocycles. The molecule has 1 heterocycles. The number of fused-ring (bicyclic) bond motifs is 1. The summed E-state index contributed by atoms with van der Waals surface area (Å²) >= 11 is 0. The van der Waals surface area contributed by atoms with E-state index in [1.807, 2.05) is 43.3 Å². The lowest BCUT2D eigenvalue weighted by Crippen LogP contribution is -2.34. The summed E-state index contributed by atoms with van der Waals surface area (Å²) in [5, 5.41) is 22.7. The largest absolute Gasteiger partial charge is 0.396 e. The predicted octanol–water partition coefficient (Wildman–Crippen LogP) is 1.64. The van der Waals surface area contributed by atoms with Crippen LogP contribution in [0, 0.1) is 5.41 Å². The molecule has 0 radical (unpaired) electrons. The van der Waals surface area contributed by atoms with Gasteiger partial charge in [-0.2, -0.15) is 0 Å². The Hall–Kier alpha value is -1.65. The van der Waals surface area contributed by atoms with Crippen LogP contribution in [-0.2, 0) is 0 Å². The first-order valence-corrected chi connectivity index (χ1v) is 5.98. The number of aromatic nitrogens is 1. The van der Waals surface area contributed by atoms with Crippen LogP contribution in [0.5, 0.6) is 0 Å². The quantitative estimate of drug-likeness (QED) is 0.750. The molecule has 3 N–H and O–H groups in total. The zero-order valence-corrected chi connectivity index (χ0v) is 10.4. The van der Waals surface area contributed by atoms with Gasteiger partial charge in [0.1, 0.15) is 5.82 Å². The second kappa shape index (κ2) is 5.33. The van der Waals surface area contributed by atoms with Crippen molar-refractivity contribution in [2.45, 2.75) is 6.92 Å². The highest BCUT2D eigenvalue weighted by atomic mass is 16.3. The van der Waals surface area contributed by atoms with Crippen molar-refractivity contribution in [2.75, 3.05) is 25.1 Å². The molecule has 1 aromatic carbocycles.